The summed E-state index contributed by atoms with van der Waals surface area (Å²) in [7, 11) is 0. The van der Waals surface area contributed by atoms with Crippen LogP contribution in [0.4, 0.5) is 17.2 Å². The molecule has 2 heterocycles. The molecule has 22 heavy (non-hydrogen) atoms. The molecule has 0 aliphatic heterocycles. The number of anilines is 3. The number of rotatable bonds is 4. The molecule has 110 valence electrons. The first-order chi connectivity index (χ1) is 10.7. The van der Waals surface area contributed by atoms with Crippen LogP contribution in [0.15, 0.2) is 64.6 Å². The summed E-state index contributed by atoms with van der Waals surface area (Å²) in [5, 5.41) is 7.89. The average Bonchev–Trinajstić information content (AvgIpc) is 3.06. The topological polar surface area (TPSA) is 54.0 Å². The lowest BCUT2D eigenvalue weighted by Crippen LogP contribution is -2.10. The number of pyridine rings is 1. The van der Waals surface area contributed by atoms with Crippen molar-refractivity contribution in [1.29, 1.82) is 0 Å². The Morgan fingerprint density at radius 2 is 1.82 bits per heavy atom. The van der Waals surface area contributed by atoms with Crippen molar-refractivity contribution >= 4 is 50.4 Å². The minimum Gasteiger partial charge on any atom is -0.340 e. The van der Waals surface area contributed by atoms with Crippen LogP contribution in [0.3, 0.4) is 0 Å². The summed E-state index contributed by atoms with van der Waals surface area (Å²) in [6.07, 6.45) is 1.63. The van der Waals surface area contributed by atoms with Gasteiger partial charge in [-0.3, -0.25) is 4.79 Å². The largest absolute Gasteiger partial charge is 0.340 e. The van der Waals surface area contributed by atoms with Crippen LogP contribution >= 0.6 is 27.3 Å². The second-order valence-electron chi connectivity index (χ2n) is 4.50. The molecule has 0 spiro atoms. The molecule has 0 saturated heterocycles. The number of halogens is 1. The highest BCUT2D eigenvalue weighted by Gasteiger charge is 2.06. The number of nitrogens with zero attached hydrogens (tertiary/aromatic N) is 1. The standard InChI is InChI=1S/C16H12BrN3OS/c17-11-3-5-12(6-4-11)19-15-8-7-13(10-18-15)20-16(21)14-2-1-9-22-14/h1-10H,(H,18,19)(H,20,21). The van der Waals surface area contributed by atoms with Gasteiger partial charge in [-0.05, 0) is 47.8 Å². The van der Waals surface area contributed by atoms with E-state index in [-0.39, 0.29) is 5.91 Å². The van der Waals surface area contributed by atoms with Crippen LogP contribution in [0, 0.1) is 0 Å². The third-order valence-electron chi connectivity index (χ3n) is 2.88. The van der Waals surface area contributed by atoms with E-state index in [1.54, 1.807) is 12.3 Å². The van der Waals surface area contributed by atoms with Gasteiger partial charge in [0.2, 0.25) is 0 Å². The van der Waals surface area contributed by atoms with Crippen LogP contribution in [0.2, 0.25) is 0 Å². The van der Waals surface area contributed by atoms with Crippen molar-refractivity contribution in [3.8, 4) is 0 Å². The summed E-state index contributed by atoms with van der Waals surface area (Å²) in [4.78, 5) is 16.9. The van der Waals surface area contributed by atoms with Gasteiger partial charge in [0.15, 0.2) is 0 Å². The second kappa shape index (κ2) is 6.72. The lowest BCUT2D eigenvalue weighted by atomic mass is 10.3. The summed E-state index contributed by atoms with van der Waals surface area (Å²) in [5.41, 5.74) is 1.62. The van der Waals surface area contributed by atoms with Crippen LogP contribution in [0.1, 0.15) is 9.67 Å². The summed E-state index contributed by atoms with van der Waals surface area (Å²) in [6, 6.07) is 15.1. The molecule has 2 N–H and O–H groups in total. The molecule has 0 atom stereocenters. The van der Waals surface area contributed by atoms with Crippen LogP contribution in [-0.2, 0) is 0 Å². The van der Waals surface area contributed by atoms with Gasteiger partial charge in [-0.1, -0.05) is 22.0 Å². The number of aromatic nitrogens is 1. The fourth-order valence-electron chi connectivity index (χ4n) is 1.82. The smallest absolute Gasteiger partial charge is 0.265 e. The fraction of sp³-hybridized carbons (Fsp3) is 0. The maximum atomic E-state index is 11.9. The average molecular weight is 374 g/mol. The zero-order chi connectivity index (χ0) is 15.4. The minimum atomic E-state index is -0.120. The third-order valence-corrected chi connectivity index (χ3v) is 4.28. The maximum absolute atomic E-state index is 11.9. The van der Waals surface area contributed by atoms with Crippen LogP contribution in [-0.4, -0.2) is 10.9 Å². The Hall–Kier alpha value is -2.18. The highest BCUT2D eigenvalue weighted by Crippen LogP contribution is 2.19. The van der Waals surface area contributed by atoms with Gasteiger partial charge in [0, 0.05) is 10.2 Å². The quantitative estimate of drug-likeness (QED) is 0.683. The van der Waals surface area contributed by atoms with Gasteiger partial charge in [0.1, 0.15) is 5.82 Å². The van der Waals surface area contributed by atoms with E-state index in [9.17, 15) is 4.79 Å². The van der Waals surface area contributed by atoms with Crippen molar-refractivity contribution < 1.29 is 4.79 Å². The zero-order valence-electron chi connectivity index (χ0n) is 11.4. The number of amides is 1. The molecule has 3 aromatic rings. The summed E-state index contributed by atoms with van der Waals surface area (Å²) in [6.45, 7) is 0. The van der Waals surface area contributed by atoms with E-state index < -0.39 is 0 Å². The molecule has 0 saturated carbocycles. The molecule has 1 amide bonds. The van der Waals surface area contributed by atoms with Crippen molar-refractivity contribution in [2.75, 3.05) is 10.6 Å². The Bertz CT molecular complexity index is 755. The van der Waals surface area contributed by atoms with Gasteiger partial charge in [0.05, 0.1) is 16.8 Å². The van der Waals surface area contributed by atoms with Gasteiger partial charge < -0.3 is 10.6 Å². The lowest BCUT2D eigenvalue weighted by molar-refractivity contribution is 0.103. The Labute approximate surface area is 140 Å². The number of benzene rings is 1. The number of hydrogen-bond acceptors (Lipinski definition) is 4. The van der Waals surface area contributed by atoms with E-state index in [1.165, 1.54) is 11.3 Å². The predicted molar refractivity (Wildman–Crippen MR) is 93.9 cm³/mol. The number of thiophene rings is 1. The first kappa shape index (κ1) is 14.7. The van der Waals surface area contributed by atoms with Crippen molar-refractivity contribution in [3.63, 3.8) is 0 Å². The van der Waals surface area contributed by atoms with E-state index in [2.05, 4.69) is 31.5 Å². The van der Waals surface area contributed by atoms with Crippen LogP contribution < -0.4 is 10.6 Å². The van der Waals surface area contributed by atoms with E-state index in [0.717, 1.165) is 16.0 Å². The molecule has 0 fully saturated rings. The molecule has 2 aromatic heterocycles. The molecular weight excluding hydrogens is 362 g/mol. The monoisotopic (exact) mass is 373 g/mol. The minimum absolute atomic E-state index is 0.120. The van der Waals surface area contributed by atoms with Gasteiger partial charge in [0.25, 0.3) is 5.91 Å². The Morgan fingerprint density at radius 3 is 2.45 bits per heavy atom. The third kappa shape index (κ3) is 3.72. The molecule has 3 rings (SSSR count). The first-order valence-electron chi connectivity index (χ1n) is 6.54. The highest BCUT2D eigenvalue weighted by atomic mass is 79.9. The molecule has 1 aromatic carbocycles. The maximum Gasteiger partial charge on any atom is 0.265 e. The lowest BCUT2D eigenvalue weighted by Gasteiger charge is -2.07. The van der Waals surface area contributed by atoms with Crippen molar-refractivity contribution in [2.24, 2.45) is 0 Å². The van der Waals surface area contributed by atoms with E-state index >= 15 is 0 Å². The molecule has 0 aliphatic carbocycles. The van der Waals surface area contributed by atoms with Gasteiger partial charge in [-0.2, -0.15) is 0 Å². The Kier molecular flexibility index (Phi) is 4.50. The van der Waals surface area contributed by atoms with Crippen LogP contribution in [0.25, 0.3) is 0 Å². The van der Waals surface area contributed by atoms with E-state index in [0.29, 0.717) is 10.6 Å². The molecular formula is C16H12BrN3OS. The summed E-state index contributed by atoms with van der Waals surface area (Å²) < 4.78 is 1.03. The molecule has 0 aliphatic rings. The van der Waals surface area contributed by atoms with E-state index in [1.807, 2.05) is 47.8 Å². The second-order valence-corrected chi connectivity index (χ2v) is 6.36. The zero-order valence-corrected chi connectivity index (χ0v) is 13.8. The number of hydrogen-bond donors (Lipinski definition) is 2. The van der Waals surface area contributed by atoms with Gasteiger partial charge in [-0.25, -0.2) is 4.98 Å². The number of carbonyl (C=O) groups is 1. The Morgan fingerprint density at radius 1 is 1.05 bits per heavy atom. The summed E-state index contributed by atoms with van der Waals surface area (Å²) in [5.74, 6) is 0.599. The summed E-state index contributed by atoms with van der Waals surface area (Å²) >= 11 is 4.80. The van der Waals surface area contributed by atoms with Crippen molar-refractivity contribution in [2.45, 2.75) is 0 Å². The molecule has 6 heteroatoms. The van der Waals surface area contributed by atoms with Crippen LogP contribution in [0.5, 0.6) is 0 Å². The van der Waals surface area contributed by atoms with Crippen molar-refractivity contribution in [1.82, 2.24) is 4.98 Å². The molecule has 0 radical (unpaired) electrons. The Balaban J connectivity index is 1.65. The molecule has 4 nitrogen and oxygen atoms in total. The fourth-order valence-corrected chi connectivity index (χ4v) is 2.71. The highest BCUT2D eigenvalue weighted by molar-refractivity contribution is 9.10. The first-order valence-corrected chi connectivity index (χ1v) is 8.21. The van der Waals surface area contributed by atoms with E-state index in [4.69, 9.17) is 0 Å². The number of nitrogens with one attached hydrogen (secondary N) is 2. The predicted octanol–water partition coefficient (Wildman–Crippen LogP) is 4.90. The number of carbonyl (C=O) groups excluding carboxylic acids is 1. The van der Waals surface area contributed by atoms with Gasteiger partial charge >= 0.3 is 0 Å². The SMILES string of the molecule is O=C(Nc1ccc(Nc2ccc(Br)cc2)nc1)c1cccs1. The van der Waals surface area contributed by atoms with Gasteiger partial charge in [-0.15, -0.1) is 11.3 Å². The van der Waals surface area contributed by atoms with Crippen molar-refractivity contribution in [3.05, 3.63) is 69.5 Å². The molecule has 0 bridgehead atoms. The molecule has 0 unspecified atom stereocenters. The normalized spacial score (nSPS) is 10.2.